The quantitative estimate of drug-likeness (QED) is 0.193. The Balaban J connectivity index is -0.000000720. The van der Waals surface area contributed by atoms with Crippen LogP contribution in [0.15, 0.2) is 4.99 Å². The first-order valence-electron chi connectivity index (χ1n) is 3.76. The molecule has 7 N–H and O–H groups in total. The van der Waals surface area contributed by atoms with Crippen LogP contribution < -0.4 is 16.9 Å². The van der Waals surface area contributed by atoms with Crippen molar-refractivity contribution in [2.45, 2.75) is 18.9 Å². The highest BCUT2D eigenvalue weighted by Crippen LogP contribution is 1.94. The lowest BCUT2D eigenvalue weighted by atomic mass is 10.2. The van der Waals surface area contributed by atoms with Crippen molar-refractivity contribution in [1.29, 1.82) is 0 Å². The van der Waals surface area contributed by atoms with Gasteiger partial charge in [-0.25, -0.2) is 5.48 Å². The number of aliphatic imine (C=N–C) groups is 1. The fourth-order valence-electron chi connectivity index (χ4n) is 0.670. The highest BCUT2D eigenvalue weighted by molar-refractivity contribution is 5.85. The van der Waals surface area contributed by atoms with Gasteiger partial charge in [0.2, 0.25) is 5.96 Å². The van der Waals surface area contributed by atoms with Gasteiger partial charge in [0.25, 0.3) is 0 Å². The third-order valence-corrected chi connectivity index (χ3v) is 1.39. The topological polar surface area (TPSA) is 134 Å². The van der Waals surface area contributed by atoms with E-state index in [1.165, 1.54) is 0 Å². The van der Waals surface area contributed by atoms with Gasteiger partial charge in [0.15, 0.2) is 0 Å². The molecule has 1 unspecified atom stereocenters. The van der Waals surface area contributed by atoms with Gasteiger partial charge in [0.1, 0.15) is 6.04 Å². The lowest BCUT2D eigenvalue weighted by Crippen LogP contribution is -2.30. The van der Waals surface area contributed by atoms with Crippen molar-refractivity contribution in [3.63, 3.8) is 0 Å². The molecule has 0 bridgehead atoms. The van der Waals surface area contributed by atoms with Crippen molar-refractivity contribution < 1.29 is 15.1 Å². The van der Waals surface area contributed by atoms with E-state index in [1.807, 2.05) is 0 Å². The molecule has 0 saturated carbocycles. The number of carbonyl (C=O) groups is 1. The van der Waals surface area contributed by atoms with Gasteiger partial charge in [-0.1, -0.05) is 0 Å². The largest absolute Gasteiger partial charge is 0.480 e. The number of hydrogen-bond donors (Lipinski definition) is 5. The van der Waals surface area contributed by atoms with E-state index in [1.54, 1.807) is 5.48 Å². The van der Waals surface area contributed by atoms with Crippen LogP contribution >= 0.6 is 24.8 Å². The number of rotatable bonds is 5. The van der Waals surface area contributed by atoms with Gasteiger partial charge in [0.05, 0.1) is 0 Å². The molecule has 0 aromatic carbocycles. The predicted molar refractivity (Wildman–Crippen MR) is 60.8 cm³/mol. The zero-order valence-corrected chi connectivity index (χ0v) is 9.55. The summed E-state index contributed by atoms with van der Waals surface area (Å²) in [5.74, 6) is -1.12. The molecule has 0 spiro atoms. The number of carboxylic acid groups (broad SMARTS) is 1. The van der Waals surface area contributed by atoms with Gasteiger partial charge < -0.3 is 16.6 Å². The first kappa shape index (κ1) is 19.8. The van der Waals surface area contributed by atoms with Crippen molar-refractivity contribution in [3.8, 4) is 0 Å². The summed E-state index contributed by atoms with van der Waals surface area (Å²) < 4.78 is 0. The lowest BCUT2D eigenvalue weighted by Gasteiger charge is -2.03. The Labute approximate surface area is 99.7 Å². The Morgan fingerprint density at radius 2 is 2.00 bits per heavy atom. The first-order chi connectivity index (χ1) is 6.07. The minimum Gasteiger partial charge on any atom is -0.480 e. The Hall–Kier alpha value is -0.760. The van der Waals surface area contributed by atoms with Crippen molar-refractivity contribution >= 4 is 36.7 Å². The van der Waals surface area contributed by atoms with E-state index in [0.29, 0.717) is 19.4 Å². The van der Waals surface area contributed by atoms with Gasteiger partial charge >= 0.3 is 5.97 Å². The molecule has 0 aliphatic carbocycles. The molecule has 0 aromatic rings. The van der Waals surface area contributed by atoms with E-state index in [9.17, 15) is 4.79 Å². The maximum Gasteiger partial charge on any atom is 0.320 e. The predicted octanol–water partition coefficient (Wildman–Crippen LogP) is -0.684. The average Bonchev–Trinajstić information content (AvgIpc) is 2.11. The second-order valence-electron chi connectivity index (χ2n) is 2.47. The van der Waals surface area contributed by atoms with Gasteiger partial charge in [-0.05, 0) is 12.8 Å². The number of hydroxylamine groups is 1. The first-order valence-corrected chi connectivity index (χ1v) is 3.76. The van der Waals surface area contributed by atoms with Crippen LogP contribution in [0.1, 0.15) is 12.8 Å². The van der Waals surface area contributed by atoms with Crippen molar-refractivity contribution in [3.05, 3.63) is 0 Å². The Bertz CT molecular complexity index is 203. The van der Waals surface area contributed by atoms with Crippen LogP contribution in [0.3, 0.4) is 0 Å². The number of halogens is 2. The maximum atomic E-state index is 10.2. The molecule has 0 fully saturated rings. The van der Waals surface area contributed by atoms with Crippen LogP contribution in [0.5, 0.6) is 0 Å². The standard InChI is InChI=1S/C6H14N4O3.2ClH/c7-4(5(11)12)2-1-3-9-6(8)10-13;;/h4,13H,1-3,7H2,(H,11,12)(H3,8,9,10);2*1H. The molecule has 9 heteroatoms. The number of nitrogens with two attached hydrogens (primary N) is 2. The van der Waals surface area contributed by atoms with Gasteiger partial charge in [-0.3, -0.25) is 15.0 Å². The molecule has 0 heterocycles. The molecule has 0 aromatic heterocycles. The maximum absolute atomic E-state index is 10.2. The third kappa shape index (κ3) is 11.2. The minimum absolute atomic E-state index is 0. The molecule has 0 radical (unpaired) electrons. The van der Waals surface area contributed by atoms with E-state index in [0.717, 1.165) is 0 Å². The third-order valence-electron chi connectivity index (χ3n) is 1.39. The Kier molecular flexibility index (Phi) is 14.9. The van der Waals surface area contributed by atoms with Crippen LogP contribution in [-0.2, 0) is 4.79 Å². The molecule has 0 aliphatic heterocycles. The summed E-state index contributed by atoms with van der Waals surface area (Å²) in [5, 5.41) is 16.6. The van der Waals surface area contributed by atoms with Crippen molar-refractivity contribution in [1.82, 2.24) is 5.48 Å². The fourth-order valence-corrected chi connectivity index (χ4v) is 0.670. The van der Waals surface area contributed by atoms with Crippen LogP contribution in [0.4, 0.5) is 0 Å². The molecule has 0 aliphatic rings. The second kappa shape index (κ2) is 11.3. The van der Waals surface area contributed by atoms with Crippen LogP contribution in [0.2, 0.25) is 0 Å². The van der Waals surface area contributed by atoms with Crippen molar-refractivity contribution in [2.24, 2.45) is 16.5 Å². The highest BCUT2D eigenvalue weighted by atomic mass is 35.5. The summed E-state index contributed by atoms with van der Waals surface area (Å²) in [7, 11) is 0. The number of nitrogens with zero attached hydrogens (tertiary/aromatic N) is 1. The number of carboxylic acids is 1. The van der Waals surface area contributed by atoms with E-state index in [4.69, 9.17) is 21.8 Å². The smallest absolute Gasteiger partial charge is 0.320 e. The van der Waals surface area contributed by atoms with Gasteiger partial charge in [0, 0.05) is 6.54 Å². The van der Waals surface area contributed by atoms with E-state index >= 15 is 0 Å². The Morgan fingerprint density at radius 3 is 2.40 bits per heavy atom. The number of nitrogens with one attached hydrogen (secondary N) is 1. The summed E-state index contributed by atoms with van der Waals surface area (Å²) in [6, 6.07) is -0.862. The minimum atomic E-state index is -1.03. The molecule has 0 amide bonds. The number of hydrogen-bond acceptors (Lipinski definition) is 4. The van der Waals surface area contributed by atoms with Gasteiger partial charge in [-0.15, -0.1) is 24.8 Å². The molecular formula is C6H16Cl2N4O3. The fraction of sp³-hybridized carbons (Fsp3) is 0.667. The normalized spacial score (nSPS) is 12.0. The molecule has 0 rings (SSSR count). The van der Waals surface area contributed by atoms with Crippen LogP contribution in [0.25, 0.3) is 0 Å². The van der Waals surface area contributed by atoms with E-state index in [2.05, 4.69) is 4.99 Å². The zero-order valence-electron chi connectivity index (χ0n) is 7.92. The number of guanidine groups is 1. The molecule has 1 atom stereocenters. The monoisotopic (exact) mass is 262 g/mol. The summed E-state index contributed by atoms with van der Waals surface area (Å²) >= 11 is 0. The summed E-state index contributed by atoms with van der Waals surface area (Å²) in [5.41, 5.74) is 12.0. The van der Waals surface area contributed by atoms with E-state index < -0.39 is 12.0 Å². The number of aliphatic carboxylic acids is 1. The van der Waals surface area contributed by atoms with Crippen LogP contribution in [0, 0.1) is 0 Å². The van der Waals surface area contributed by atoms with Gasteiger partial charge in [-0.2, -0.15) is 0 Å². The summed E-state index contributed by atoms with van der Waals surface area (Å²) in [6.07, 6.45) is 0.841. The zero-order chi connectivity index (χ0) is 10.3. The average molecular weight is 263 g/mol. The van der Waals surface area contributed by atoms with E-state index in [-0.39, 0.29) is 30.8 Å². The summed E-state index contributed by atoms with van der Waals surface area (Å²) in [6.45, 7) is 0.334. The molecule has 7 nitrogen and oxygen atoms in total. The molecular weight excluding hydrogens is 247 g/mol. The SMILES string of the molecule is Cl.Cl.NC(=NCCCC(N)C(=O)O)NO. The molecule has 15 heavy (non-hydrogen) atoms. The van der Waals surface area contributed by atoms with Crippen LogP contribution in [-0.4, -0.2) is 34.8 Å². The highest BCUT2D eigenvalue weighted by Gasteiger charge is 2.09. The molecule has 92 valence electrons. The second-order valence-corrected chi connectivity index (χ2v) is 2.47. The lowest BCUT2D eigenvalue weighted by molar-refractivity contribution is -0.138. The van der Waals surface area contributed by atoms with Crippen molar-refractivity contribution in [2.75, 3.05) is 6.54 Å². The summed E-state index contributed by atoms with van der Waals surface area (Å²) in [4.78, 5) is 13.9. The molecule has 0 saturated heterocycles. The Morgan fingerprint density at radius 1 is 1.47 bits per heavy atom.